The molecule has 0 saturated carbocycles. The van der Waals surface area contributed by atoms with Crippen LogP contribution in [-0.2, 0) is 12.6 Å². The third-order valence-electron chi connectivity index (χ3n) is 3.82. The average molecular weight is 441 g/mol. The number of aromatic nitrogens is 3. The molecular formula is C19H20ClF3N6O. The number of nitrogens with zero attached hydrogens (tertiary/aromatic N) is 3. The molecule has 160 valence electrons. The summed E-state index contributed by atoms with van der Waals surface area (Å²) in [6.07, 6.45) is -2.01. The maximum absolute atomic E-state index is 12.7. The maximum Gasteiger partial charge on any atom is 0.433 e. The molecule has 0 radical (unpaired) electrons. The summed E-state index contributed by atoms with van der Waals surface area (Å²) in [5, 5.41) is 3.10. The maximum atomic E-state index is 12.7. The number of nitrogens with two attached hydrogens (primary N) is 2. The number of aryl methyl sites for hydroxylation is 1. The van der Waals surface area contributed by atoms with Gasteiger partial charge in [-0.1, -0.05) is 0 Å². The van der Waals surface area contributed by atoms with Crippen molar-refractivity contribution in [3.63, 3.8) is 0 Å². The van der Waals surface area contributed by atoms with Crippen LogP contribution in [0.4, 0.5) is 30.6 Å². The van der Waals surface area contributed by atoms with Crippen molar-refractivity contribution in [3.8, 4) is 11.5 Å². The van der Waals surface area contributed by atoms with E-state index in [4.69, 9.17) is 16.2 Å². The first-order chi connectivity index (χ1) is 13.8. The summed E-state index contributed by atoms with van der Waals surface area (Å²) in [6.45, 7) is 0.552. The SMILES string of the molecule is Cl.NCCCc1cc(Nc2ccc(Oc3ccnc(C(F)(F)F)c3)cc2)nc(N)n1. The fourth-order valence-electron chi connectivity index (χ4n) is 2.51. The van der Waals surface area contributed by atoms with E-state index in [9.17, 15) is 13.2 Å². The number of alkyl halides is 3. The summed E-state index contributed by atoms with van der Waals surface area (Å²) in [4.78, 5) is 11.6. The quantitative estimate of drug-likeness (QED) is 0.501. The van der Waals surface area contributed by atoms with Gasteiger partial charge in [0.2, 0.25) is 5.95 Å². The molecule has 0 spiro atoms. The van der Waals surface area contributed by atoms with Crippen LogP contribution in [0.2, 0.25) is 0 Å². The van der Waals surface area contributed by atoms with Gasteiger partial charge in [0.25, 0.3) is 0 Å². The molecule has 11 heteroatoms. The largest absolute Gasteiger partial charge is 0.457 e. The second-order valence-corrected chi connectivity index (χ2v) is 6.12. The lowest BCUT2D eigenvalue weighted by molar-refractivity contribution is -0.141. The highest BCUT2D eigenvalue weighted by molar-refractivity contribution is 5.85. The van der Waals surface area contributed by atoms with Crippen LogP contribution in [0.15, 0.2) is 48.7 Å². The predicted molar refractivity (Wildman–Crippen MR) is 110 cm³/mol. The predicted octanol–water partition coefficient (Wildman–Crippen LogP) is 4.32. The monoisotopic (exact) mass is 440 g/mol. The van der Waals surface area contributed by atoms with Crippen LogP contribution in [0.25, 0.3) is 0 Å². The summed E-state index contributed by atoms with van der Waals surface area (Å²) in [7, 11) is 0. The second-order valence-electron chi connectivity index (χ2n) is 6.12. The van der Waals surface area contributed by atoms with E-state index in [2.05, 4.69) is 20.3 Å². The first-order valence-corrected chi connectivity index (χ1v) is 8.75. The Labute approximate surface area is 177 Å². The van der Waals surface area contributed by atoms with Gasteiger partial charge in [0.05, 0.1) is 0 Å². The fourth-order valence-corrected chi connectivity index (χ4v) is 2.51. The molecule has 5 N–H and O–H groups in total. The van der Waals surface area contributed by atoms with Gasteiger partial charge in [0.1, 0.15) is 23.0 Å². The molecule has 2 aromatic heterocycles. The number of nitrogen functional groups attached to an aromatic ring is 1. The van der Waals surface area contributed by atoms with Crippen LogP contribution >= 0.6 is 12.4 Å². The van der Waals surface area contributed by atoms with Gasteiger partial charge in [0.15, 0.2) is 0 Å². The molecule has 3 aromatic rings. The van der Waals surface area contributed by atoms with Gasteiger partial charge in [-0.25, -0.2) is 4.98 Å². The van der Waals surface area contributed by atoms with Crippen LogP contribution in [0.3, 0.4) is 0 Å². The number of hydrogen-bond acceptors (Lipinski definition) is 7. The number of anilines is 3. The summed E-state index contributed by atoms with van der Waals surface area (Å²) in [5.74, 6) is 1.10. The standard InChI is InChI=1S/C19H19F3N6O.ClH/c20-19(21,22)16-11-15(7-9-25-16)29-14-5-3-12(4-6-14)26-17-10-13(2-1-8-23)27-18(24)28-17;/h3-7,9-11H,1-2,8,23H2,(H3,24,26,27,28);1H. The van der Waals surface area contributed by atoms with Gasteiger partial charge in [-0.05, 0) is 49.7 Å². The molecule has 0 unspecified atom stereocenters. The highest BCUT2D eigenvalue weighted by atomic mass is 35.5. The molecule has 1 aromatic carbocycles. The van der Waals surface area contributed by atoms with Crippen LogP contribution in [0.1, 0.15) is 17.8 Å². The Hall–Kier alpha value is -3.11. The van der Waals surface area contributed by atoms with Crippen molar-refractivity contribution in [3.05, 3.63) is 60.0 Å². The minimum atomic E-state index is -4.53. The van der Waals surface area contributed by atoms with E-state index >= 15 is 0 Å². The molecule has 0 atom stereocenters. The summed E-state index contributed by atoms with van der Waals surface area (Å²) < 4.78 is 43.7. The van der Waals surface area contributed by atoms with Crippen molar-refractivity contribution in [1.82, 2.24) is 15.0 Å². The Balaban J connectivity index is 0.00000320. The molecule has 0 aliphatic heterocycles. The van der Waals surface area contributed by atoms with E-state index in [1.165, 1.54) is 6.07 Å². The van der Waals surface area contributed by atoms with Crippen molar-refractivity contribution in [1.29, 1.82) is 0 Å². The Bertz CT molecular complexity index is 969. The molecule has 0 amide bonds. The molecule has 7 nitrogen and oxygen atoms in total. The van der Waals surface area contributed by atoms with Gasteiger partial charge in [-0.15, -0.1) is 12.4 Å². The normalized spacial score (nSPS) is 10.9. The topological polar surface area (TPSA) is 112 Å². The zero-order valence-electron chi connectivity index (χ0n) is 15.7. The first-order valence-electron chi connectivity index (χ1n) is 8.75. The van der Waals surface area contributed by atoms with Gasteiger partial charge in [-0.2, -0.15) is 18.2 Å². The Kier molecular flexibility index (Phi) is 7.79. The lowest BCUT2D eigenvalue weighted by atomic mass is 10.2. The third kappa shape index (κ3) is 6.46. The van der Waals surface area contributed by atoms with Gasteiger partial charge in [0, 0.05) is 29.7 Å². The second kappa shape index (κ2) is 10.1. The van der Waals surface area contributed by atoms with E-state index < -0.39 is 11.9 Å². The molecule has 2 heterocycles. The number of ether oxygens (including phenoxy) is 1. The Morgan fingerprint density at radius 2 is 1.73 bits per heavy atom. The molecule has 0 aliphatic carbocycles. The van der Waals surface area contributed by atoms with Crippen molar-refractivity contribution < 1.29 is 17.9 Å². The van der Waals surface area contributed by atoms with Crippen LogP contribution in [-0.4, -0.2) is 21.5 Å². The highest BCUT2D eigenvalue weighted by Crippen LogP contribution is 2.31. The van der Waals surface area contributed by atoms with Crippen LogP contribution < -0.4 is 21.5 Å². The van der Waals surface area contributed by atoms with Crippen molar-refractivity contribution in [2.45, 2.75) is 19.0 Å². The molecule has 0 fully saturated rings. The minimum Gasteiger partial charge on any atom is -0.457 e. The molecule has 0 bridgehead atoms. The number of nitrogens with one attached hydrogen (secondary N) is 1. The third-order valence-corrected chi connectivity index (χ3v) is 3.82. The van der Waals surface area contributed by atoms with Gasteiger partial charge in [-0.3, -0.25) is 4.98 Å². The summed E-state index contributed by atoms with van der Waals surface area (Å²) in [6, 6.07) is 10.6. The summed E-state index contributed by atoms with van der Waals surface area (Å²) in [5.41, 5.74) is 11.7. The van der Waals surface area contributed by atoms with Crippen LogP contribution in [0.5, 0.6) is 11.5 Å². The lowest BCUT2D eigenvalue weighted by Gasteiger charge is -2.11. The Morgan fingerprint density at radius 1 is 1.00 bits per heavy atom. The molecular weight excluding hydrogens is 421 g/mol. The van der Waals surface area contributed by atoms with Crippen molar-refractivity contribution >= 4 is 29.9 Å². The van der Waals surface area contributed by atoms with Crippen LogP contribution in [0, 0.1) is 0 Å². The molecule has 0 saturated heterocycles. The number of benzene rings is 1. The van der Waals surface area contributed by atoms with E-state index in [1.807, 2.05) is 0 Å². The smallest absolute Gasteiger partial charge is 0.433 e. The van der Waals surface area contributed by atoms with E-state index in [-0.39, 0.29) is 24.1 Å². The van der Waals surface area contributed by atoms with Crippen molar-refractivity contribution in [2.24, 2.45) is 5.73 Å². The molecule has 0 aliphatic rings. The van der Waals surface area contributed by atoms with Crippen molar-refractivity contribution in [2.75, 3.05) is 17.6 Å². The average Bonchev–Trinajstić information content (AvgIpc) is 2.67. The zero-order chi connectivity index (χ0) is 20.9. The fraction of sp³-hybridized carbons (Fsp3) is 0.211. The molecule has 30 heavy (non-hydrogen) atoms. The zero-order valence-corrected chi connectivity index (χ0v) is 16.5. The lowest BCUT2D eigenvalue weighted by Crippen LogP contribution is -2.07. The van der Waals surface area contributed by atoms with Gasteiger partial charge < -0.3 is 21.5 Å². The van der Waals surface area contributed by atoms with E-state index in [0.29, 0.717) is 30.2 Å². The number of rotatable bonds is 7. The number of hydrogen-bond donors (Lipinski definition) is 3. The number of pyridine rings is 1. The van der Waals surface area contributed by atoms with E-state index in [0.717, 1.165) is 24.4 Å². The minimum absolute atomic E-state index is 0. The first kappa shape index (κ1) is 23.2. The highest BCUT2D eigenvalue weighted by Gasteiger charge is 2.32. The van der Waals surface area contributed by atoms with E-state index in [1.54, 1.807) is 30.3 Å². The Morgan fingerprint density at radius 3 is 2.40 bits per heavy atom. The van der Waals surface area contributed by atoms with Gasteiger partial charge >= 0.3 is 6.18 Å². The number of halogens is 4. The summed E-state index contributed by atoms with van der Waals surface area (Å²) >= 11 is 0. The molecule has 3 rings (SSSR count).